The number of nitrogens with one attached hydrogen (secondary N) is 1. The van der Waals surface area contributed by atoms with Crippen molar-refractivity contribution in [1.82, 2.24) is 19.4 Å². The topological polar surface area (TPSA) is 51.9 Å². The van der Waals surface area contributed by atoms with E-state index in [9.17, 15) is 4.79 Å². The van der Waals surface area contributed by atoms with E-state index in [1.54, 1.807) is 6.20 Å². The average molecular weight is 350 g/mol. The minimum absolute atomic E-state index is 0.00625. The minimum atomic E-state index is -0.283. The van der Waals surface area contributed by atoms with E-state index in [1.165, 1.54) is 0 Å². The van der Waals surface area contributed by atoms with E-state index in [4.69, 9.17) is 0 Å². The molecule has 0 bridgehead atoms. The summed E-state index contributed by atoms with van der Waals surface area (Å²) in [6.45, 7) is 4.27. The molecule has 0 saturated carbocycles. The van der Waals surface area contributed by atoms with Crippen molar-refractivity contribution >= 4 is 5.91 Å². The maximum atomic E-state index is 13.2. The molecule has 136 valence electrons. The molecular weight excluding hydrogens is 324 g/mol. The van der Waals surface area contributed by atoms with Gasteiger partial charge in [0.2, 0.25) is 5.91 Å². The Labute approximate surface area is 154 Å². The van der Waals surface area contributed by atoms with Crippen molar-refractivity contribution in [2.45, 2.75) is 32.4 Å². The molecule has 5 nitrogen and oxygen atoms in total. The van der Waals surface area contributed by atoms with E-state index in [0.717, 1.165) is 17.8 Å². The molecule has 2 heterocycles. The monoisotopic (exact) mass is 350 g/mol. The van der Waals surface area contributed by atoms with Gasteiger partial charge in [0.25, 0.3) is 0 Å². The van der Waals surface area contributed by atoms with E-state index in [-0.39, 0.29) is 18.0 Å². The van der Waals surface area contributed by atoms with E-state index < -0.39 is 0 Å². The van der Waals surface area contributed by atoms with Crippen molar-refractivity contribution in [2.75, 3.05) is 0 Å². The number of aromatic nitrogens is 3. The fourth-order valence-corrected chi connectivity index (χ4v) is 3.20. The molecular formula is C21H26N4O. The molecule has 0 fully saturated rings. The van der Waals surface area contributed by atoms with Gasteiger partial charge in [0, 0.05) is 31.8 Å². The Morgan fingerprint density at radius 1 is 1.08 bits per heavy atom. The first kappa shape index (κ1) is 18.0. The lowest BCUT2D eigenvalue weighted by Gasteiger charge is -2.25. The third kappa shape index (κ3) is 4.04. The van der Waals surface area contributed by atoms with Gasteiger partial charge in [0.15, 0.2) is 0 Å². The van der Waals surface area contributed by atoms with Crippen LogP contribution in [0.1, 0.15) is 43.7 Å². The fourth-order valence-electron chi connectivity index (χ4n) is 3.20. The van der Waals surface area contributed by atoms with Gasteiger partial charge in [-0.1, -0.05) is 44.2 Å². The van der Waals surface area contributed by atoms with Crippen LogP contribution in [0, 0.1) is 5.92 Å². The molecule has 0 aliphatic rings. The summed E-state index contributed by atoms with van der Waals surface area (Å²) < 4.78 is 3.93. The van der Waals surface area contributed by atoms with Crippen molar-refractivity contribution in [3.8, 4) is 0 Å². The van der Waals surface area contributed by atoms with Crippen molar-refractivity contribution in [1.29, 1.82) is 0 Å². The Kier molecular flexibility index (Phi) is 5.56. The standard InChI is InChI=1S/C21H26N4O/c1-16(2)15-18(25-12-7-8-13-25)21(26)23-19(17-9-5-4-6-10-17)20-22-11-14-24(20)3/h4-14,16,18-19H,15H2,1-3H3,(H,23,26)/t18-,19+/m1/s1. The number of nitrogens with zero attached hydrogens (tertiary/aromatic N) is 3. The Balaban J connectivity index is 1.90. The highest BCUT2D eigenvalue weighted by atomic mass is 16.2. The summed E-state index contributed by atoms with van der Waals surface area (Å²) in [4.78, 5) is 17.7. The van der Waals surface area contributed by atoms with Crippen molar-refractivity contribution in [3.05, 3.63) is 78.6 Å². The summed E-state index contributed by atoms with van der Waals surface area (Å²) in [5.74, 6) is 1.24. The predicted molar refractivity (Wildman–Crippen MR) is 103 cm³/mol. The maximum Gasteiger partial charge on any atom is 0.243 e. The van der Waals surface area contributed by atoms with Gasteiger partial charge in [-0.3, -0.25) is 4.79 Å². The molecule has 1 amide bonds. The van der Waals surface area contributed by atoms with Crippen molar-refractivity contribution in [2.24, 2.45) is 13.0 Å². The highest BCUT2D eigenvalue weighted by Crippen LogP contribution is 2.24. The van der Waals surface area contributed by atoms with Gasteiger partial charge in [0.05, 0.1) is 0 Å². The quantitative estimate of drug-likeness (QED) is 0.706. The molecule has 26 heavy (non-hydrogen) atoms. The Morgan fingerprint density at radius 3 is 2.35 bits per heavy atom. The van der Waals surface area contributed by atoms with Gasteiger partial charge >= 0.3 is 0 Å². The number of imidazole rings is 1. The maximum absolute atomic E-state index is 13.2. The molecule has 0 radical (unpaired) electrons. The summed E-state index contributed by atoms with van der Waals surface area (Å²) in [6, 6.07) is 13.4. The van der Waals surface area contributed by atoms with Crippen LogP contribution in [0.15, 0.2) is 67.3 Å². The summed E-state index contributed by atoms with van der Waals surface area (Å²) in [6.07, 6.45) is 8.34. The molecule has 0 aliphatic heterocycles. The molecule has 0 unspecified atom stereocenters. The first-order valence-electron chi connectivity index (χ1n) is 9.01. The number of amides is 1. The van der Waals surface area contributed by atoms with E-state index in [0.29, 0.717) is 5.92 Å². The van der Waals surface area contributed by atoms with Gasteiger partial charge in [-0.25, -0.2) is 4.98 Å². The number of carbonyl (C=O) groups is 1. The van der Waals surface area contributed by atoms with Crippen molar-refractivity contribution < 1.29 is 4.79 Å². The minimum Gasteiger partial charge on any atom is -0.342 e. The largest absolute Gasteiger partial charge is 0.342 e. The second-order valence-electron chi connectivity index (χ2n) is 7.02. The van der Waals surface area contributed by atoms with Crippen LogP contribution in [-0.2, 0) is 11.8 Å². The summed E-state index contributed by atoms with van der Waals surface area (Å²) in [5, 5.41) is 3.23. The second kappa shape index (κ2) is 8.04. The van der Waals surface area contributed by atoms with Gasteiger partial charge < -0.3 is 14.5 Å². The molecule has 1 N–H and O–H groups in total. The lowest BCUT2D eigenvalue weighted by atomic mass is 10.0. The predicted octanol–water partition coefficient (Wildman–Crippen LogP) is 3.71. The van der Waals surface area contributed by atoms with Gasteiger partial charge in [-0.2, -0.15) is 0 Å². The van der Waals surface area contributed by atoms with Gasteiger partial charge in [-0.15, -0.1) is 0 Å². The van der Waals surface area contributed by atoms with Crippen LogP contribution in [-0.4, -0.2) is 20.0 Å². The molecule has 1 aromatic carbocycles. The highest BCUT2D eigenvalue weighted by molar-refractivity contribution is 5.81. The first-order valence-corrected chi connectivity index (χ1v) is 9.01. The summed E-state index contributed by atoms with van der Waals surface area (Å²) in [7, 11) is 1.95. The van der Waals surface area contributed by atoms with Crippen LogP contribution >= 0.6 is 0 Å². The van der Waals surface area contributed by atoms with Crippen LogP contribution < -0.4 is 5.32 Å². The van der Waals surface area contributed by atoms with Gasteiger partial charge in [0.1, 0.15) is 17.9 Å². The van der Waals surface area contributed by atoms with Crippen LogP contribution in [0.25, 0.3) is 0 Å². The zero-order valence-electron chi connectivity index (χ0n) is 15.5. The third-order valence-corrected chi connectivity index (χ3v) is 4.52. The van der Waals surface area contributed by atoms with Crippen LogP contribution in [0.5, 0.6) is 0 Å². The molecule has 0 spiro atoms. The number of hydrogen-bond acceptors (Lipinski definition) is 2. The Morgan fingerprint density at radius 2 is 1.77 bits per heavy atom. The number of carbonyl (C=O) groups excluding carboxylic acids is 1. The number of rotatable bonds is 7. The first-order chi connectivity index (χ1) is 12.6. The normalized spacial score (nSPS) is 13.5. The number of hydrogen-bond donors (Lipinski definition) is 1. The molecule has 5 heteroatoms. The van der Waals surface area contributed by atoms with Crippen LogP contribution in [0.2, 0.25) is 0 Å². The molecule has 3 aromatic rings. The zero-order chi connectivity index (χ0) is 18.5. The van der Waals surface area contributed by atoms with E-state index in [2.05, 4.69) is 24.1 Å². The van der Waals surface area contributed by atoms with Crippen LogP contribution in [0.3, 0.4) is 0 Å². The zero-order valence-corrected chi connectivity index (χ0v) is 15.5. The Hall–Kier alpha value is -2.82. The second-order valence-corrected chi connectivity index (χ2v) is 7.02. The lowest BCUT2D eigenvalue weighted by molar-refractivity contribution is -0.125. The summed E-state index contributed by atoms with van der Waals surface area (Å²) in [5.41, 5.74) is 1.02. The summed E-state index contributed by atoms with van der Waals surface area (Å²) >= 11 is 0. The average Bonchev–Trinajstić information content (AvgIpc) is 3.30. The smallest absolute Gasteiger partial charge is 0.243 e. The third-order valence-electron chi connectivity index (χ3n) is 4.52. The highest BCUT2D eigenvalue weighted by Gasteiger charge is 2.26. The lowest BCUT2D eigenvalue weighted by Crippen LogP contribution is -2.37. The van der Waals surface area contributed by atoms with E-state index in [1.807, 2.05) is 77.2 Å². The van der Waals surface area contributed by atoms with Crippen LogP contribution in [0.4, 0.5) is 0 Å². The molecule has 0 aliphatic carbocycles. The van der Waals surface area contributed by atoms with Gasteiger partial charge in [-0.05, 0) is 30.0 Å². The molecule has 2 atom stereocenters. The number of benzene rings is 1. The molecule has 0 saturated heterocycles. The number of aryl methyl sites for hydroxylation is 1. The molecule has 3 rings (SSSR count). The Bertz CT molecular complexity index is 821. The van der Waals surface area contributed by atoms with E-state index >= 15 is 0 Å². The van der Waals surface area contributed by atoms with Crippen molar-refractivity contribution in [3.63, 3.8) is 0 Å². The molecule has 2 aromatic heterocycles. The fraction of sp³-hybridized carbons (Fsp3) is 0.333. The SMILES string of the molecule is CC(C)C[C@H](C(=O)N[C@@H](c1ccccc1)c1nccn1C)n1cccc1.